The molecule has 0 unspecified atom stereocenters. The van der Waals surface area contributed by atoms with E-state index in [-0.39, 0.29) is 23.6 Å². The van der Waals surface area contributed by atoms with Crippen LogP contribution in [0.15, 0.2) is 40.9 Å². The monoisotopic (exact) mass is 453 g/mol. The highest BCUT2D eigenvalue weighted by Gasteiger charge is 2.20. The van der Waals surface area contributed by atoms with Gasteiger partial charge in [0.15, 0.2) is 0 Å². The number of aromatic nitrogens is 2. The van der Waals surface area contributed by atoms with Crippen molar-refractivity contribution in [3.05, 3.63) is 63.6 Å². The van der Waals surface area contributed by atoms with E-state index in [0.29, 0.717) is 10.9 Å². The van der Waals surface area contributed by atoms with Crippen LogP contribution in [0.2, 0.25) is 0 Å². The molecule has 2 N–H and O–H groups in total. The minimum absolute atomic E-state index is 0.0549. The Morgan fingerprint density at radius 1 is 1.21 bits per heavy atom. The molecule has 0 saturated carbocycles. The largest absolute Gasteiger partial charge is 0.481 e. The van der Waals surface area contributed by atoms with Crippen LogP contribution in [-0.4, -0.2) is 21.0 Å². The second-order valence-corrected chi connectivity index (χ2v) is 7.05. The average molecular weight is 454 g/mol. The normalized spacial score (nSPS) is 12.4. The van der Waals surface area contributed by atoms with Gasteiger partial charge in [-0.15, -0.1) is 0 Å². The standard InChI is InChI=1S/C19H15BrF3N3O2/c1-9(11-3-2-4-12(17(11)21)18(22)23)24-19-13-7-10(20)5-6-14(13)25-15(26-19)8-16(27)28/h2-7,9,18H,8H2,1H3,(H,27,28)(H,24,25,26)/t9-/m1/s1. The molecule has 0 saturated heterocycles. The lowest BCUT2D eigenvalue weighted by Gasteiger charge is -2.19. The van der Waals surface area contributed by atoms with E-state index in [4.69, 9.17) is 5.11 Å². The SMILES string of the molecule is C[C@@H](Nc1nc(CC(=O)O)nc2ccc(Br)cc12)c1cccc(C(F)F)c1F. The third kappa shape index (κ3) is 4.24. The van der Waals surface area contributed by atoms with E-state index in [0.717, 1.165) is 10.5 Å². The molecule has 9 heteroatoms. The van der Waals surface area contributed by atoms with E-state index in [9.17, 15) is 18.0 Å². The Morgan fingerprint density at radius 2 is 1.93 bits per heavy atom. The summed E-state index contributed by atoms with van der Waals surface area (Å²) in [5, 5.41) is 12.6. The van der Waals surface area contributed by atoms with Gasteiger partial charge in [0.25, 0.3) is 6.43 Å². The molecule has 0 aliphatic heterocycles. The third-order valence-corrected chi connectivity index (χ3v) is 4.62. The number of carbonyl (C=O) groups is 1. The van der Waals surface area contributed by atoms with Crippen molar-refractivity contribution in [2.24, 2.45) is 0 Å². The maximum atomic E-state index is 14.5. The van der Waals surface area contributed by atoms with Gasteiger partial charge in [0, 0.05) is 15.4 Å². The molecule has 2 aromatic carbocycles. The Hall–Kier alpha value is -2.68. The van der Waals surface area contributed by atoms with Gasteiger partial charge in [-0.2, -0.15) is 0 Å². The summed E-state index contributed by atoms with van der Waals surface area (Å²) in [5.41, 5.74) is -0.113. The van der Waals surface area contributed by atoms with Crippen LogP contribution in [0, 0.1) is 5.82 Å². The second-order valence-electron chi connectivity index (χ2n) is 6.14. The van der Waals surface area contributed by atoms with Crippen molar-refractivity contribution >= 4 is 38.6 Å². The van der Waals surface area contributed by atoms with Crippen LogP contribution in [0.3, 0.4) is 0 Å². The van der Waals surface area contributed by atoms with Crippen LogP contribution in [0.5, 0.6) is 0 Å². The van der Waals surface area contributed by atoms with Crippen molar-refractivity contribution in [3.8, 4) is 0 Å². The fraction of sp³-hybridized carbons (Fsp3) is 0.211. The van der Waals surface area contributed by atoms with Crippen LogP contribution in [0.1, 0.15) is 36.3 Å². The van der Waals surface area contributed by atoms with Gasteiger partial charge >= 0.3 is 5.97 Å². The number of carboxylic acid groups (broad SMARTS) is 1. The number of nitrogens with zero attached hydrogens (tertiary/aromatic N) is 2. The highest BCUT2D eigenvalue weighted by atomic mass is 79.9. The smallest absolute Gasteiger partial charge is 0.311 e. The Morgan fingerprint density at radius 3 is 2.61 bits per heavy atom. The first-order chi connectivity index (χ1) is 13.3. The molecule has 146 valence electrons. The number of benzene rings is 2. The first-order valence-corrected chi connectivity index (χ1v) is 9.06. The molecule has 28 heavy (non-hydrogen) atoms. The van der Waals surface area contributed by atoms with E-state index in [2.05, 4.69) is 31.2 Å². The molecule has 0 bridgehead atoms. The number of hydrogen-bond acceptors (Lipinski definition) is 4. The summed E-state index contributed by atoms with van der Waals surface area (Å²) in [4.78, 5) is 19.5. The van der Waals surface area contributed by atoms with Gasteiger partial charge in [0.1, 0.15) is 23.9 Å². The maximum Gasteiger partial charge on any atom is 0.311 e. The summed E-state index contributed by atoms with van der Waals surface area (Å²) in [5.74, 6) is -1.70. The topological polar surface area (TPSA) is 75.1 Å². The van der Waals surface area contributed by atoms with Gasteiger partial charge in [-0.1, -0.05) is 34.1 Å². The first kappa shape index (κ1) is 20.1. The maximum absolute atomic E-state index is 14.5. The molecule has 5 nitrogen and oxygen atoms in total. The minimum atomic E-state index is -2.93. The highest BCUT2D eigenvalue weighted by molar-refractivity contribution is 9.10. The quantitative estimate of drug-likeness (QED) is 0.531. The molecule has 0 aliphatic rings. The van der Waals surface area contributed by atoms with Gasteiger partial charge < -0.3 is 10.4 Å². The Bertz CT molecular complexity index is 1050. The summed E-state index contributed by atoms with van der Waals surface area (Å²) >= 11 is 3.35. The van der Waals surface area contributed by atoms with Crippen LogP contribution in [0.25, 0.3) is 10.9 Å². The molecular formula is C19H15BrF3N3O2. The number of rotatable bonds is 6. The number of alkyl halides is 2. The third-order valence-electron chi connectivity index (χ3n) is 4.13. The Labute approximate surface area is 166 Å². The lowest BCUT2D eigenvalue weighted by Crippen LogP contribution is -2.14. The molecule has 3 rings (SSSR count). The molecule has 1 atom stereocenters. The van der Waals surface area contributed by atoms with Crippen molar-refractivity contribution in [1.82, 2.24) is 9.97 Å². The van der Waals surface area contributed by atoms with E-state index in [1.807, 2.05) is 0 Å². The predicted octanol–water partition coefficient (Wildman–Crippen LogP) is 5.27. The van der Waals surface area contributed by atoms with E-state index in [1.165, 1.54) is 12.1 Å². The Balaban J connectivity index is 2.04. The van der Waals surface area contributed by atoms with Gasteiger partial charge in [0.05, 0.1) is 17.1 Å². The van der Waals surface area contributed by atoms with Crippen molar-refractivity contribution < 1.29 is 23.1 Å². The number of nitrogens with one attached hydrogen (secondary N) is 1. The molecule has 0 radical (unpaired) electrons. The Kier molecular flexibility index (Phi) is 5.83. The van der Waals surface area contributed by atoms with Crippen LogP contribution < -0.4 is 5.32 Å². The summed E-state index contributed by atoms with van der Waals surface area (Å²) < 4.78 is 41.2. The number of halogens is 4. The number of hydrogen-bond donors (Lipinski definition) is 2. The van der Waals surface area contributed by atoms with Crippen molar-refractivity contribution in [1.29, 1.82) is 0 Å². The zero-order valence-corrected chi connectivity index (χ0v) is 16.2. The van der Waals surface area contributed by atoms with E-state index >= 15 is 0 Å². The number of carboxylic acids is 1. The first-order valence-electron chi connectivity index (χ1n) is 8.27. The van der Waals surface area contributed by atoms with Gasteiger partial charge in [-0.3, -0.25) is 4.79 Å². The average Bonchev–Trinajstić information content (AvgIpc) is 2.61. The molecule has 0 amide bonds. The number of aliphatic carboxylic acids is 1. The fourth-order valence-corrected chi connectivity index (χ4v) is 3.19. The number of fused-ring (bicyclic) bond motifs is 1. The van der Waals surface area contributed by atoms with Gasteiger partial charge in [-0.25, -0.2) is 23.1 Å². The molecule has 1 aromatic heterocycles. The van der Waals surface area contributed by atoms with Crippen LogP contribution in [0.4, 0.5) is 19.0 Å². The fourth-order valence-electron chi connectivity index (χ4n) is 2.83. The van der Waals surface area contributed by atoms with Crippen LogP contribution >= 0.6 is 15.9 Å². The van der Waals surface area contributed by atoms with Gasteiger partial charge in [-0.05, 0) is 25.1 Å². The summed E-state index contributed by atoms with van der Waals surface area (Å²) in [6.45, 7) is 1.61. The lowest BCUT2D eigenvalue weighted by molar-refractivity contribution is -0.136. The molecule has 0 spiro atoms. The second kappa shape index (κ2) is 8.14. The van der Waals surface area contributed by atoms with Crippen molar-refractivity contribution in [2.75, 3.05) is 5.32 Å². The summed E-state index contributed by atoms with van der Waals surface area (Å²) in [6.07, 6.45) is -3.31. The summed E-state index contributed by atoms with van der Waals surface area (Å²) in [7, 11) is 0. The van der Waals surface area contributed by atoms with Crippen LogP contribution in [-0.2, 0) is 11.2 Å². The molecular weight excluding hydrogens is 439 g/mol. The number of anilines is 1. The highest BCUT2D eigenvalue weighted by Crippen LogP contribution is 2.31. The molecule has 3 aromatic rings. The zero-order chi connectivity index (χ0) is 20.4. The van der Waals surface area contributed by atoms with Gasteiger partial charge in [0.2, 0.25) is 0 Å². The minimum Gasteiger partial charge on any atom is -0.481 e. The predicted molar refractivity (Wildman–Crippen MR) is 102 cm³/mol. The van der Waals surface area contributed by atoms with E-state index in [1.54, 1.807) is 25.1 Å². The lowest BCUT2D eigenvalue weighted by atomic mass is 10.0. The molecule has 0 fully saturated rings. The zero-order valence-electron chi connectivity index (χ0n) is 14.6. The van der Waals surface area contributed by atoms with E-state index < -0.39 is 29.8 Å². The van der Waals surface area contributed by atoms with Crippen molar-refractivity contribution in [3.63, 3.8) is 0 Å². The molecule has 0 aliphatic carbocycles. The molecule has 1 heterocycles. The van der Waals surface area contributed by atoms with Crippen molar-refractivity contribution in [2.45, 2.75) is 25.8 Å². The summed E-state index contributed by atoms with van der Waals surface area (Å²) in [6, 6.07) is 8.30.